The number of ether oxygens (including phenoxy) is 3. The predicted octanol–water partition coefficient (Wildman–Crippen LogP) is 2.43. The Morgan fingerprint density at radius 2 is 1.89 bits per heavy atom. The first-order chi connectivity index (χ1) is 13.0. The number of nitrogens with zero attached hydrogens (tertiary/aromatic N) is 2. The number of cyclic esters (lactones) is 1. The number of fused-ring (bicyclic) bond motifs is 1. The number of amides is 2. The molecule has 1 aromatic carbocycles. The van der Waals surface area contributed by atoms with Gasteiger partial charge in [-0.15, -0.1) is 0 Å². The molecule has 0 N–H and O–H groups in total. The van der Waals surface area contributed by atoms with E-state index in [2.05, 4.69) is 13.0 Å². The number of carbonyl (C=O) groups is 2. The van der Waals surface area contributed by atoms with Crippen LogP contribution in [0.25, 0.3) is 0 Å². The van der Waals surface area contributed by atoms with Crippen molar-refractivity contribution in [3.8, 4) is 11.5 Å². The van der Waals surface area contributed by atoms with Gasteiger partial charge in [-0.3, -0.25) is 4.79 Å². The summed E-state index contributed by atoms with van der Waals surface area (Å²) < 4.78 is 15.9. The number of carbonyl (C=O) groups excluding carboxylic acids is 2. The summed E-state index contributed by atoms with van der Waals surface area (Å²) in [4.78, 5) is 27.8. The van der Waals surface area contributed by atoms with Gasteiger partial charge in [0.15, 0.2) is 11.5 Å². The fourth-order valence-electron chi connectivity index (χ4n) is 4.13. The van der Waals surface area contributed by atoms with E-state index in [1.165, 1.54) is 5.56 Å². The van der Waals surface area contributed by atoms with E-state index in [1.54, 1.807) is 4.90 Å². The summed E-state index contributed by atoms with van der Waals surface area (Å²) in [6, 6.07) is 6.07. The molecule has 3 aliphatic heterocycles. The highest BCUT2D eigenvalue weighted by Gasteiger charge is 2.35. The molecule has 0 radical (unpaired) electrons. The van der Waals surface area contributed by atoms with E-state index in [4.69, 9.17) is 14.2 Å². The minimum absolute atomic E-state index is 0.00398. The Labute approximate surface area is 159 Å². The first kappa shape index (κ1) is 17.9. The van der Waals surface area contributed by atoms with Crippen molar-refractivity contribution in [3.05, 3.63) is 23.8 Å². The third-order valence-electron chi connectivity index (χ3n) is 5.63. The van der Waals surface area contributed by atoms with Gasteiger partial charge in [0.1, 0.15) is 0 Å². The quantitative estimate of drug-likeness (QED) is 0.792. The van der Waals surface area contributed by atoms with Crippen LogP contribution in [0.15, 0.2) is 18.2 Å². The minimum atomic E-state index is -0.270. The Hall–Kier alpha value is -2.44. The molecule has 7 heteroatoms. The third-order valence-corrected chi connectivity index (χ3v) is 5.63. The molecule has 0 saturated carbocycles. The molecule has 0 spiro atoms. The number of hydrogen-bond donors (Lipinski definition) is 0. The molecule has 2 saturated heterocycles. The number of rotatable bonds is 5. The lowest BCUT2D eigenvalue weighted by Gasteiger charge is -2.41. The van der Waals surface area contributed by atoms with Crippen molar-refractivity contribution in [3.63, 3.8) is 0 Å². The number of hydrogen-bond acceptors (Lipinski definition) is 5. The van der Waals surface area contributed by atoms with E-state index in [0.717, 1.165) is 30.8 Å². The fourth-order valence-corrected chi connectivity index (χ4v) is 4.13. The van der Waals surface area contributed by atoms with Crippen LogP contribution in [0.3, 0.4) is 0 Å². The van der Waals surface area contributed by atoms with Crippen LogP contribution in [-0.4, -0.2) is 61.4 Å². The second-order valence-corrected chi connectivity index (χ2v) is 7.95. The van der Waals surface area contributed by atoms with Crippen LogP contribution >= 0.6 is 0 Å². The van der Waals surface area contributed by atoms with Crippen LogP contribution in [-0.2, 0) is 16.0 Å². The van der Waals surface area contributed by atoms with Crippen molar-refractivity contribution in [2.24, 2.45) is 5.41 Å². The molecule has 7 nitrogen and oxygen atoms in total. The second-order valence-electron chi connectivity index (χ2n) is 7.95. The Balaban J connectivity index is 1.38. The molecular formula is C20H26N2O5. The van der Waals surface area contributed by atoms with Crippen LogP contribution < -0.4 is 9.47 Å². The molecule has 1 atom stereocenters. The SMILES string of the molecule is CC1(Cc2ccc3c(c2)OCO3)CCC(=O)N(CCN2CCCOC2=O)C1. The van der Waals surface area contributed by atoms with Gasteiger partial charge in [0.2, 0.25) is 12.7 Å². The number of likely N-dealkylation sites (tertiary alicyclic amines) is 1. The Bertz CT molecular complexity index is 737. The lowest BCUT2D eigenvalue weighted by atomic mass is 9.76. The van der Waals surface area contributed by atoms with Crippen LogP contribution in [0.2, 0.25) is 0 Å². The molecule has 146 valence electrons. The first-order valence-electron chi connectivity index (χ1n) is 9.60. The molecule has 2 fully saturated rings. The maximum absolute atomic E-state index is 12.4. The molecule has 0 bridgehead atoms. The highest BCUT2D eigenvalue weighted by Crippen LogP contribution is 2.37. The Morgan fingerprint density at radius 1 is 1.07 bits per heavy atom. The molecular weight excluding hydrogens is 348 g/mol. The lowest BCUT2D eigenvalue weighted by Crippen LogP contribution is -2.50. The monoisotopic (exact) mass is 374 g/mol. The lowest BCUT2D eigenvalue weighted by molar-refractivity contribution is -0.137. The van der Waals surface area contributed by atoms with E-state index in [0.29, 0.717) is 39.2 Å². The highest BCUT2D eigenvalue weighted by molar-refractivity contribution is 5.77. The van der Waals surface area contributed by atoms with E-state index in [-0.39, 0.29) is 24.2 Å². The number of piperidine rings is 1. The zero-order chi connectivity index (χ0) is 18.9. The molecule has 1 unspecified atom stereocenters. The summed E-state index contributed by atoms with van der Waals surface area (Å²) in [7, 11) is 0. The molecule has 4 rings (SSSR count). The van der Waals surface area contributed by atoms with Gasteiger partial charge in [-0.05, 0) is 42.4 Å². The van der Waals surface area contributed by atoms with Crippen LogP contribution in [0.4, 0.5) is 4.79 Å². The Morgan fingerprint density at radius 3 is 2.74 bits per heavy atom. The van der Waals surface area contributed by atoms with Crippen molar-refractivity contribution < 1.29 is 23.8 Å². The maximum atomic E-state index is 12.4. The topological polar surface area (TPSA) is 68.3 Å². The van der Waals surface area contributed by atoms with Crippen molar-refractivity contribution >= 4 is 12.0 Å². The van der Waals surface area contributed by atoms with Crippen LogP contribution in [0, 0.1) is 5.41 Å². The largest absolute Gasteiger partial charge is 0.454 e. The van der Waals surface area contributed by atoms with E-state index in [1.807, 2.05) is 17.0 Å². The minimum Gasteiger partial charge on any atom is -0.454 e. The third kappa shape index (κ3) is 3.96. The molecule has 0 aliphatic carbocycles. The zero-order valence-corrected chi connectivity index (χ0v) is 15.7. The van der Waals surface area contributed by atoms with Gasteiger partial charge in [0.25, 0.3) is 0 Å². The van der Waals surface area contributed by atoms with E-state index < -0.39 is 0 Å². The van der Waals surface area contributed by atoms with Crippen LogP contribution in [0.1, 0.15) is 31.7 Å². The molecule has 2 amide bonds. The van der Waals surface area contributed by atoms with Gasteiger partial charge in [0, 0.05) is 32.6 Å². The van der Waals surface area contributed by atoms with Gasteiger partial charge in [0.05, 0.1) is 6.61 Å². The van der Waals surface area contributed by atoms with Gasteiger partial charge in [-0.2, -0.15) is 0 Å². The van der Waals surface area contributed by atoms with Crippen molar-refractivity contribution in [1.29, 1.82) is 0 Å². The number of benzene rings is 1. The van der Waals surface area contributed by atoms with Crippen molar-refractivity contribution in [2.75, 3.05) is 39.6 Å². The maximum Gasteiger partial charge on any atom is 0.409 e. The molecule has 1 aromatic rings. The van der Waals surface area contributed by atoms with Gasteiger partial charge in [-0.25, -0.2) is 4.79 Å². The average molecular weight is 374 g/mol. The normalized spacial score (nSPS) is 24.9. The first-order valence-corrected chi connectivity index (χ1v) is 9.60. The molecule has 3 heterocycles. The smallest absolute Gasteiger partial charge is 0.409 e. The van der Waals surface area contributed by atoms with Crippen molar-refractivity contribution in [1.82, 2.24) is 9.80 Å². The average Bonchev–Trinajstić information content (AvgIpc) is 3.11. The van der Waals surface area contributed by atoms with Crippen molar-refractivity contribution in [2.45, 2.75) is 32.6 Å². The zero-order valence-electron chi connectivity index (χ0n) is 15.7. The van der Waals surface area contributed by atoms with E-state index >= 15 is 0 Å². The summed E-state index contributed by atoms with van der Waals surface area (Å²) in [5.74, 6) is 1.75. The molecule has 0 aromatic heterocycles. The molecule has 27 heavy (non-hydrogen) atoms. The summed E-state index contributed by atoms with van der Waals surface area (Å²) in [6.45, 7) is 5.49. The predicted molar refractivity (Wildman–Crippen MR) is 97.7 cm³/mol. The van der Waals surface area contributed by atoms with Gasteiger partial charge < -0.3 is 24.0 Å². The van der Waals surface area contributed by atoms with Crippen LogP contribution in [0.5, 0.6) is 11.5 Å². The van der Waals surface area contributed by atoms with Gasteiger partial charge >= 0.3 is 6.09 Å². The summed E-state index contributed by atoms with van der Waals surface area (Å²) in [6.07, 6.45) is 2.86. The molecule has 3 aliphatic rings. The summed E-state index contributed by atoms with van der Waals surface area (Å²) in [5, 5.41) is 0. The fraction of sp³-hybridized carbons (Fsp3) is 0.600. The Kier molecular flexibility index (Phi) is 4.85. The summed E-state index contributed by atoms with van der Waals surface area (Å²) >= 11 is 0. The second kappa shape index (κ2) is 7.29. The summed E-state index contributed by atoms with van der Waals surface area (Å²) in [5.41, 5.74) is 1.19. The van der Waals surface area contributed by atoms with Gasteiger partial charge in [-0.1, -0.05) is 13.0 Å². The highest BCUT2D eigenvalue weighted by atomic mass is 16.7. The standard InChI is InChI=1S/C20H26N2O5/c1-20(12-15-3-4-16-17(11-15)27-14-26-16)6-5-18(23)22(13-20)9-8-21-7-2-10-25-19(21)24/h3-4,11H,2,5-10,12-14H2,1H3. The van der Waals surface area contributed by atoms with E-state index in [9.17, 15) is 9.59 Å².